The summed E-state index contributed by atoms with van der Waals surface area (Å²) >= 11 is 0. The minimum Gasteiger partial charge on any atom is -0.496 e. The lowest BCUT2D eigenvalue weighted by molar-refractivity contribution is -0.152. The van der Waals surface area contributed by atoms with Gasteiger partial charge in [0.15, 0.2) is 11.6 Å². The summed E-state index contributed by atoms with van der Waals surface area (Å²) in [5.74, 6) is 0.767. The molecule has 1 aromatic carbocycles. The average molecular weight is 379 g/mol. The molecule has 3 atom stereocenters. The molecule has 3 unspecified atom stereocenters. The van der Waals surface area contributed by atoms with E-state index < -0.39 is 5.60 Å². The summed E-state index contributed by atoms with van der Waals surface area (Å²) in [6.45, 7) is 8.48. The Morgan fingerprint density at radius 3 is 2.41 bits per heavy atom. The molecule has 4 heteroatoms. The van der Waals surface area contributed by atoms with E-state index in [0.717, 1.165) is 38.5 Å². The zero-order chi connectivity index (χ0) is 20.0. The van der Waals surface area contributed by atoms with Crippen molar-refractivity contribution in [3.8, 4) is 11.5 Å². The molecule has 0 aliphatic heterocycles. The molecular formula is C23H35FO3. The third-order valence-corrected chi connectivity index (χ3v) is 7.66. The van der Waals surface area contributed by atoms with Gasteiger partial charge in [-0.3, -0.25) is 0 Å². The fourth-order valence-corrected chi connectivity index (χ4v) is 5.99. The van der Waals surface area contributed by atoms with Crippen molar-refractivity contribution in [1.29, 1.82) is 0 Å². The third kappa shape index (κ3) is 2.70. The molecule has 2 aliphatic rings. The van der Waals surface area contributed by atoms with Crippen LogP contribution in [0.3, 0.4) is 0 Å². The van der Waals surface area contributed by atoms with Crippen LogP contribution in [-0.4, -0.2) is 19.3 Å². The van der Waals surface area contributed by atoms with Crippen LogP contribution in [0.1, 0.15) is 77.3 Å². The second-order valence-electron chi connectivity index (χ2n) is 9.35. The Kier molecular flexibility index (Phi) is 5.26. The van der Waals surface area contributed by atoms with Gasteiger partial charge in [0, 0.05) is 10.8 Å². The highest BCUT2D eigenvalue weighted by atomic mass is 19.1. The lowest BCUT2D eigenvalue weighted by Gasteiger charge is -2.51. The van der Waals surface area contributed by atoms with E-state index in [0.29, 0.717) is 29.2 Å². The Hall–Kier alpha value is -1.29. The van der Waals surface area contributed by atoms with Crippen molar-refractivity contribution in [3.63, 3.8) is 0 Å². The van der Waals surface area contributed by atoms with Crippen LogP contribution in [0.25, 0.3) is 0 Å². The number of aryl methyl sites for hydroxylation is 1. The van der Waals surface area contributed by atoms with Crippen LogP contribution in [0.4, 0.5) is 4.39 Å². The Balaban J connectivity index is 2.19. The first-order valence-corrected chi connectivity index (χ1v) is 10.3. The van der Waals surface area contributed by atoms with Crippen molar-refractivity contribution in [1.82, 2.24) is 0 Å². The smallest absolute Gasteiger partial charge is 0.168 e. The van der Waals surface area contributed by atoms with Crippen LogP contribution < -0.4 is 9.47 Å². The van der Waals surface area contributed by atoms with Crippen molar-refractivity contribution in [2.45, 2.75) is 78.2 Å². The standard InChI is InChI=1S/C23H35FO3/c1-7-8-9-10-15-13-17(26-5)18(20(27-6)19(15)24)23(25)21(2,3)16-11-12-22(23,4)14-16/h13,16,25H,7-12,14H2,1-6H3. The number of methoxy groups -OCH3 is 2. The molecule has 2 saturated carbocycles. The average Bonchev–Trinajstić information content (AvgIpc) is 3.11. The fourth-order valence-electron chi connectivity index (χ4n) is 5.99. The number of hydrogen-bond acceptors (Lipinski definition) is 3. The number of fused-ring (bicyclic) bond motifs is 2. The van der Waals surface area contributed by atoms with Crippen LogP contribution >= 0.6 is 0 Å². The summed E-state index contributed by atoms with van der Waals surface area (Å²) in [4.78, 5) is 0. The Labute approximate surface area is 163 Å². The van der Waals surface area contributed by atoms with Crippen molar-refractivity contribution >= 4 is 0 Å². The largest absolute Gasteiger partial charge is 0.496 e. The molecule has 0 radical (unpaired) electrons. The van der Waals surface area contributed by atoms with Gasteiger partial charge in [-0.2, -0.15) is 0 Å². The van der Waals surface area contributed by atoms with E-state index in [1.165, 1.54) is 7.11 Å². The van der Waals surface area contributed by atoms with Crippen LogP contribution in [0.15, 0.2) is 6.07 Å². The van der Waals surface area contributed by atoms with Gasteiger partial charge in [0.1, 0.15) is 11.4 Å². The number of aliphatic hydroxyl groups is 1. The second kappa shape index (κ2) is 6.95. The number of rotatable bonds is 7. The Bertz CT molecular complexity index is 707. The van der Waals surface area contributed by atoms with Gasteiger partial charge >= 0.3 is 0 Å². The molecule has 1 N–H and O–H groups in total. The summed E-state index contributed by atoms with van der Waals surface area (Å²) in [6, 6.07) is 1.78. The first kappa shape index (κ1) is 20.4. The van der Waals surface area contributed by atoms with Gasteiger partial charge in [-0.05, 0) is 49.7 Å². The molecule has 2 aliphatic carbocycles. The fraction of sp³-hybridized carbons (Fsp3) is 0.739. The zero-order valence-corrected chi connectivity index (χ0v) is 17.7. The maximum Gasteiger partial charge on any atom is 0.168 e. The second-order valence-corrected chi connectivity index (χ2v) is 9.35. The first-order chi connectivity index (χ1) is 12.7. The number of benzene rings is 1. The number of hydrogen-bond donors (Lipinski definition) is 1. The molecule has 0 spiro atoms. The quantitative estimate of drug-likeness (QED) is 0.627. The van der Waals surface area contributed by atoms with Crippen LogP contribution in [-0.2, 0) is 12.0 Å². The van der Waals surface area contributed by atoms with E-state index >= 15 is 4.39 Å². The van der Waals surface area contributed by atoms with E-state index in [2.05, 4.69) is 27.7 Å². The molecule has 27 heavy (non-hydrogen) atoms. The summed E-state index contributed by atoms with van der Waals surface area (Å²) in [7, 11) is 3.08. The highest BCUT2D eigenvalue weighted by molar-refractivity contribution is 5.55. The van der Waals surface area contributed by atoms with E-state index in [1.807, 2.05) is 0 Å². The summed E-state index contributed by atoms with van der Waals surface area (Å²) in [5, 5.41) is 12.2. The topological polar surface area (TPSA) is 38.7 Å². The molecular weight excluding hydrogens is 343 g/mol. The number of unbranched alkanes of at least 4 members (excludes halogenated alkanes) is 2. The lowest BCUT2D eigenvalue weighted by Crippen LogP contribution is -2.51. The SMILES string of the molecule is CCCCCc1cc(OC)c(C2(O)C3(C)CCC(C3)C2(C)C)c(OC)c1F. The van der Waals surface area contributed by atoms with Gasteiger partial charge in [-0.15, -0.1) is 0 Å². The molecule has 0 amide bonds. The monoisotopic (exact) mass is 378 g/mol. The first-order valence-electron chi connectivity index (χ1n) is 10.3. The van der Waals surface area contributed by atoms with Crippen LogP contribution in [0.5, 0.6) is 11.5 Å². The normalized spacial score (nSPS) is 31.3. The van der Waals surface area contributed by atoms with E-state index in [9.17, 15) is 5.11 Å². The van der Waals surface area contributed by atoms with E-state index in [1.54, 1.807) is 13.2 Å². The highest BCUT2D eigenvalue weighted by Crippen LogP contribution is 2.73. The number of ether oxygens (including phenoxy) is 2. The van der Waals surface area contributed by atoms with Gasteiger partial charge in [0.2, 0.25) is 0 Å². The molecule has 0 heterocycles. The molecule has 1 aromatic rings. The van der Waals surface area contributed by atoms with Crippen LogP contribution in [0, 0.1) is 22.6 Å². The minimum absolute atomic E-state index is 0.158. The molecule has 3 rings (SSSR count). The molecule has 2 fully saturated rings. The predicted octanol–water partition coefficient (Wildman–Crippen LogP) is 5.61. The summed E-state index contributed by atoms with van der Waals surface area (Å²) < 4.78 is 26.7. The van der Waals surface area contributed by atoms with Gasteiger partial charge in [-0.1, -0.05) is 40.5 Å². The lowest BCUT2D eigenvalue weighted by atomic mass is 9.57. The van der Waals surface area contributed by atoms with Gasteiger partial charge in [-0.25, -0.2) is 4.39 Å². The molecule has 2 bridgehead atoms. The molecule has 3 nitrogen and oxygen atoms in total. The molecule has 0 saturated heterocycles. The van der Waals surface area contributed by atoms with Crippen LogP contribution in [0.2, 0.25) is 0 Å². The predicted molar refractivity (Wildman–Crippen MR) is 106 cm³/mol. The van der Waals surface area contributed by atoms with Crippen molar-refractivity contribution < 1.29 is 19.0 Å². The van der Waals surface area contributed by atoms with Gasteiger partial charge in [0.25, 0.3) is 0 Å². The summed E-state index contributed by atoms with van der Waals surface area (Å²) in [5.41, 5.74) is -0.772. The number of halogens is 1. The van der Waals surface area contributed by atoms with E-state index in [-0.39, 0.29) is 22.4 Å². The Morgan fingerprint density at radius 1 is 1.19 bits per heavy atom. The molecule has 152 valence electrons. The zero-order valence-electron chi connectivity index (χ0n) is 17.7. The van der Waals surface area contributed by atoms with Gasteiger partial charge < -0.3 is 14.6 Å². The summed E-state index contributed by atoms with van der Waals surface area (Å²) in [6.07, 6.45) is 6.70. The van der Waals surface area contributed by atoms with Crippen molar-refractivity contribution in [2.75, 3.05) is 14.2 Å². The molecule has 0 aromatic heterocycles. The third-order valence-electron chi connectivity index (χ3n) is 7.66. The maximum absolute atomic E-state index is 15.4. The van der Waals surface area contributed by atoms with Crippen molar-refractivity contribution in [2.24, 2.45) is 16.7 Å². The van der Waals surface area contributed by atoms with E-state index in [4.69, 9.17) is 9.47 Å². The van der Waals surface area contributed by atoms with Crippen molar-refractivity contribution in [3.05, 3.63) is 23.0 Å². The Morgan fingerprint density at radius 2 is 1.89 bits per heavy atom. The highest BCUT2D eigenvalue weighted by Gasteiger charge is 2.70. The van der Waals surface area contributed by atoms with Gasteiger partial charge in [0.05, 0.1) is 19.8 Å². The maximum atomic E-state index is 15.4. The minimum atomic E-state index is -1.19.